The van der Waals surface area contributed by atoms with E-state index in [2.05, 4.69) is 37.6 Å². The number of hydrogen-bond donors (Lipinski definition) is 1. The maximum atomic E-state index is 8.79. The van der Waals surface area contributed by atoms with Gasteiger partial charge in [0, 0.05) is 18.8 Å². The second-order valence-corrected chi connectivity index (χ2v) is 4.89. The summed E-state index contributed by atoms with van der Waals surface area (Å²) in [5.41, 5.74) is 7.02. The molecule has 0 atom stereocenters. The molecule has 0 saturated carbocycles. The lowest BCUT2D eigenvalue weighted by atomic mass is 10.1. The Morgan fingerprint density at radius 3 is 2.47 bits per heavy atom. The molecule has 2 N–H and O–H groups in total. The van der Waals surface area contributed by atoms with Gasteiger partial charge in [0.15, 0.2) is 5.82 Å². The number of pyridine rings is 1. The lowest BCUT2D eigenvalue weighted by Gasteiger charge is -2.30. The fourth-order valence-corrected chi connectivity index (χ4v) is 1.71. The molecule has 0 saturated heterocycles. The molecule has 0 aliphatic carbocycles. The lowest BCUT2D eigenvalue weighted by Crippen LogP contribution is -2.35. The molecule has 0 fully saturated rings. The van der Waals surface area contributed by atoms with E-state index in [-0.39, 0.29) is 0 Å². The molecular weight excluding hydrogens is 212 g/mol. The van der Waals surface area contributed by atoms with Crippen LogP contribution < -0.4 is 10.6 Å². The minimum atomic E-state index is 0.333. The summed E-state index contributed by atoms with van der Waals surface area (Å²) in [6.45, 7) is 9.45. The van der Waals surface area contributed by atoms with Crippen LogP contribution in [0.25, 0.3) is 0 Å². The number of nitrogen functional groups attached to an aromatic ring is 1. The van der Waals surface area contributed by atoms with Crippen molar-refractivity contribution in [2.24, 2.45) is 5.92 Å². The Morgan fingerprint density at radius 2 is 2.06 bits per heavy atom. The molecule has 1 aromatic heterocycles. The van der Waals surface area contributed by atoms with Gasteiger partial charge >= 0.3 is 0 Å². The molecule has 1 rings (SSSR count). The highest BCUT2D eigenvalue weighted by molar-refractivity contribution is 5.64. The minimum absolute atomic E-state index is 0.333. The van der Waals surface area contributed by atoms with Crippen LogP contribution in [0.15, 0.2) is 12.3 Å². The highest BCUT2D eigenvalue weighted by Crippen LogP contribution is 2.23. The second kappa shape index (κ2) is 5.53. The molecule has 0 bridgehead atoms. The monoisotopic (exact) mass is 232 g/mol. The first kappa shape index (κ1) is 13.3. The van der Waals surface area contributed by atoms with Gasteiger partial charge in [-0.15, -0.1) is 0 Å². The van der Waals surface area contributed by atoms with Crippen LogP contribution in [-0.4, -0.2) is 17.6 Å². The molecule has 1 aromatic rings. The third-order valence-electron chi connectivity index (χ3n) is 2.48. The predicted molar refractivity (Wildman–Crippen MR) is 70.7 cm³/mol. The molecule has 0 aliphatic heterocycles. The molecule has 92 valence electrons. The number of anilines is 2. The fraction of sp³-hybridized carbons (Fsp3) is 0.538. The summed E-state index contributed by atoms with van der Waals surface area (Å²) in [7, 11) is 0. The molecule has 0 radical (unpaired) electrons. The topological polar surface area (TPSA) is 65.9 Å². The molecule has 0 amide bonds. The Bertz CT molecular complexity index is 418. The highest BCUT2D eigenvalue weighted by Gasteiger charge is 2.16. The van der Waals surface area contributed by atoms with Crippen molar-refractivity contribution in [2.45, 2.75) is 33.7 Å². The summed E-state index contributed by atoms with van der Waals surface area (Å²) in [4.78, 5) is 6.47. The first-order valence-corrected chi connectivity index (χ1v) is 5.88. The summed E-state index contributed by atoms with van der Waals surface area (Å²) < 4.78 is 0. The SMILES string of the molecule is CC(C)CN(c1ncc(C#N)cc1N)C(C)C. The van der Waals surface area contributed by atoms with Gasteiger partial charge in [0.05, 0.1) is 11.3 Å². The smallest absolute Gasteiger partial charge is 0.152 e. The van der Waals surface area contributed by atoms with E-state index >= 15 is 0 Å². The van der Waals surface area contributed by atoms with Crippen molar-refractivity contribution in [3.63, 3.8) is 0 Å². The largest absolute Gasteiger partial charge is 0.396 e. The number of hydrogen-bond acceptors (Lipinski definition) is 4. The van der Waals surface area contributed by atoms with E-state index in [1.807, 2.05) is 6.07 Å². The number of nitrogens with zero attached hydrogens (tertiary/aromatic N) is 3. The zero-order valence-electron chi connectivity index (χ0n) is 10.9. The van der Waals surface area contributed by atoms with Crippen molar-refractivity contribution >= 4 is 11.5 Å². The van der Waals surface area contributed by atoms with Gasteiger partial charge in [0.25, 0.3) is 0 Å². The van der Waals surface area contributed by atoms with Crippen LogP contribution in [0.2, 0.25) is 0 Å². The number of nitriles is 1. The first-order valence-electron chi connectivity index (χ1n) is 5.88. The zero-order valence-corrected chi connectivity index (χ0v) is 10.9. The Kier molecular flexibility index (Phi) is 4.33. The van der Waals surface area contributed by atoms with E-state index in [1.54, 1.807) is 12.3 Å². The number of rotatable bonds is 4. The van der Waals surface area contributed by atoms with E-state index < -0.39 is 0 Å². The van der Waals surface area contributed by atoms with Gasteiger partial charge in [0.1, 0.15) is 6.07 Å². The average molecular weight is 232 g/mol. The molecule has 1 heterocycles. The molecule has 0 unspecified atom stereocenters. The van der Waals surface area contributed by atoms with E-state index in [0.29, 0.717) is 23.2 Å². The van der Waals surface area contributed by atoms with E-state index in [0.717, 1.165) is 12.4 Å². The molecule has 0 aromatic carbocycles. The van der Waals surface area contributed by atoms with Crippen molar-refractivity contribution < 1.29 is 0 Å². The van der Waals surface area contributed by atoms with Crippen molar-refractivity contribution in [3.8, 4) is 6.07 Å². The standard InChI is InChI=1S/C13H20N4/c1-9(2)8-17(10(3)4)13-12(15)5-11(6-14)7-16-13/h5,7,9-10H,8,15H2,1-4H3. The summed E-state index contributed by atoms with van der Waals surface area (Å²) in [5.74, 6) is 1.31. The van der Waals surface area contributed by atoms with Gasteiger partial charge in [-0.25, -0.2) is 4.98 Å². The molecule has 4 heteroatoms. The third kappa shape index (κ3) is 3.35. The quantitative estimate of drug-likeness (QED) is 0.865. The maximum Gasteiger partial charge on any atom is 0.152 e. The van der Waals surface area contributed by atoms with Gasteiger partial charge < -0.3 is 10.6 Å². The van der Waals surface area contributed by atoms with Gasteiger partial charge in [-0.1, -0.05) is 13.8 Å². The van der Waals surface area contributed by atoms with Crippen LogP contribution in [0.4, 0.5) is 11.5 Å². The van der Waals surface area contributed by atoms with Crippen LogP contribution in [0, 0.1) is 17.2 Å². The van der Waals surface area contributed by atoms with Gasteiger partial charge in [-0.05, 0) is 25.8 Å². The molecule has 17 heavy (non-hydrogen) atoms. The maximum absolute atomic E-state index is 8.79. The zero-order chi connectivity index (χ0) is 13.0. The minimum Gasteiger partial charge on any atom is -0.396 e. The van der Waals surface area contributed by atoms with Crippen molar-refractivity contribution in [1.82, 2.24) is 4.98 Å². The Labute approximate surface area is 103 Å². The summed E-state index contributed by atoms with van der Waals surface area (Å²) in [6.07, 6.45) is 1.57. The van der Waals surface area contributed by atoms with Crippen molar-refractivity contribution in [1.29, 1.82) is 5.26 Å². The van der Waals surface area contributed by atoms with E-state index in [9.17, 15) is 0 Å². The summed E-state index contributed by atoms with van der Waals surface area (Å²) >= 11 is 0. The van der Waals surface area contributed by atoms with Crippen LogP contribution in [0.3, 0.4) is 0 Å². The second-order valence-electron chi connectivity index (χ2n) is 4.89. The van der Waals surface area contributed by atoms with Gasteiger partial charge in [0.2, 0.25) is 0 Å². The molecule has 0 spiro atoms. The number of aromatic nitrogens is 1. The fourth-order valence-electron chi connectivity index (χ4n) is 1.71. The van der Waals surface area contributed by atoms with Crippen LogP contribution in [-0.2, 0) is 0 Å². The molecular formula is C13H20N4. The van der Waals surface area contributed by atoms with E-state index in [1.165, 1.54) is 0 Å². The summed E-state index contributed by atoms with van der Waals surface area (Å²) in [6, 6.07) is 4.05. The Balaban J connectivity index is 3.07. The Hall–Kier alpha value is -1.76. The normalized spacial score (nSPS) is 10.6. The third-order valence-corrected chi connectivity index (χ3v) is 2.48. The molecule has 4 nitrogen and oxygen atoms in total. The number of nitrogens with two attached hydrogens (primary N) is 1. The predicted octanol–water partition coefficient (Wildman–Crippen LogP) is 2.41. The molecule has 0 aliphatic rings. The average Bonchev–Trinajstić information content (AvgIpc) is 2.25. The van der Waals surface area contributed by atoms with Gasteiger partial charge in [-0.3, -0.25) is 0 Å². The van der Waals surface area contributed by atoms with Gasteiger partial charge in [-0.2, -0.15) is 5.26 Å². The first-order chi connectivity index (χ1) is 7.95. The highest BCUT2D eigenvalue weighted by atomic mass is 15.2. The van der Waals surface area contributed by atoms with Crippen LogP contribution >= 0.6 is 0 Å². The van der Waals surface area contributed by atoms with Crippen molar-refractivity contribution in [3.05, 3.63) is 17.8 Å². The Morgan fingerprint density at radius 1 is 1.41 bits per heavy atom. The van der Waals surface area contributed by atoms with Crippen LogP contribution in [0.1, 0.15) is 33.3 Å². The summed E-state index contributed by atoms with van der Waals surface area (Å²) in [5, 5.41) is 8.79. The lowest BCUT2D eigenvalue weighted by molar-refractivity contribution is 0.567. The van der Waals surface area contributed by atoms with Crippen LogP contribution in [0.5, 0.6) is 0 Å². The van der Waals surface area contributed by atoms with E-state index in [4.69, 9.17) is 11.0 Å². The van der Waals surface area contributed by atoms with Crippen molar-refractivity contribution in [2.75, 3.05) is 17.2 Å².